The molecule has 0 rings (SSSR count). The summed E-state index contributed by atoms with van der Waals surface area (Å²) in [5, 5.41) is 31.5. The second-order valence-corrected chi connectivity index (χ2v) is 10.7. The Hall–Kier alpha value is -5.91. The van der Waals surface area contributed by atoms with Crippen molar-refractivity contribution < 1.29 is 63.0 Å². The normalized spacial score (nSPS) is 14.1. The number of nitrogens with two attached hydrogens (primary N) is 5. The molecule has 0 aliphatic heterocycles. The lowest BCUT2D eigenvalue weighted by Gasteiger charge is -2.23. The SMILES string of the molecule is C[C@H](NC(=O)[C@@H](N)CCC(N)=O)C(=O)N[C@@H](CCC(N)=O)C(=O)NCC(=O)N[C@@H](CO)C(=O)N[C@@H](CC(N)=O)C(=O)N[C@@H](CC(N)=O)C(=O)O. The van der Waals surface area contributed by atoms with Gasteiger partial charge in [0.1, 0.15) is 30.2 Å². The molecule has 0 saturated heterocycles. The van der Waals surface area contributed by atoms with Crippen LogP contribution in [0.25, 0.3) is 0 Å². The zero-order valence-electron chi connectivity index (χ0n) is 26.9. The largest absolute Gasteiger partial charge is 0.480 e. The maximum Gasteiger partial charge on any atom is 0.326 e. The fourth-order valence-electron chi connectivity index (χ4n) is 3.75. The number of rotatable bonds is 24. The summed E-state index contributed by atoms with van der Waals surface area (Å²) in [6.07, 6.45) is -2.74. The molecule has 0 heterocycles. The number of aliphatic hydroxyl groups excluding tert-OH is 1. The van der Waals surface area contributed by atoms with E-state index in [2.05, 4.69) is 16.0 Å². The van der Waals surface area contributed by atoms with E-state index in [4.69, 9.17) is 28.7 Å². The van der Waals surface area contributed by atoms with Crippen LogP contribution in [0.15, 0.2) is 0 Å². The molecule has 0 radical (unpaired) electrons. The number of amides is 10. The first-order chi connectivity index (χ1) is 23.2. The van der Waals surface area contributed by atoms with Crippen LogP contribution >= 0.6 is 0 Å². The maximum absolute atomic E-state index is 12.8. The number of carbonyl (C=O) groups excluding carboxylic acids is 10. The first-order valence-electron chi connectivity index (χ1n) is 14.7. The van der Waals surface area contributed by atoms with Crippen molar-refractivity contribution in [3.63, 3.8) is 0 Å². The van der Waals surface area contributed by atoms with Gasteiger partial charge in [0.15, 0.2) is 0 Å². The van der Waals surface area contributed by atoms with Crippen molar-refractivity contribution in [3.05, 3.63) is 0 Å². The van der Waals surface area contributed by atoms with E-state index < -0.39 is 134 Å². The van der Waals surface area contributed by atoms with Gasteiger partial charge in [-0.1, -0.05) is 0 Å². The van der Waals surface area contributed by atoms with Gasteiger partial charge in [0, 0.05) is 12.8 Å². The molecule has 50 heavy (non-hydrogen) atoms. The minimum Gasteiger partial charge on any atom is -0.480 e. The average molecular weight is 718 g/mol. The van der Waals surface area contributed by atoms with Crippen LogP contribution in [-0.2, 0) is 52.7 Å². The number of aliphatic carboxylic acids is 1. The molecule has 0 saturated carbocycles. The number of hydrogen-bond acceptors (Lipinski definition) is 13. The highest BCUT2D eigenvalue weighted by Gasteiger charge is 2.32. The van der Waals surface area contributed by atoms with Gasteiger partial charge in [0.2, 0.25) is 59.1 Å². The molecule has 0 spiro atoms. The van der Waals surface area contributed by atoms with E-state index in [9.17, 15) is 63.0 Å². The van der Waals surface area contributed by atoms with E-state index in [1.165, 1.54) is 6.92 Å². The molecule has 0 aliphatic rings. The van der Waals surface area contributed by atoms with Gasteiger partial charge in [-0.15, -0.1) is 0 Å². The van der Waals surface area contributed by atoms with E-state index >= 15 is 0 Å². The number of primary amides is 4. The number of carbonyl (C=O) groups is 11. The third-order valence-corrected chi connectivity index (χ3v) is 6.42. The first-order valence-corrected chi connectivity index (χ1v) is 14.7. The zero-order valence-corrected chi connectivity index (χ0v) is 26.9. The van der Waals surface area contributed by atoms with E-state index in [0.29, 0.717) is 0 Å². The smallest absolute Gasteiger partial charge is 0.326 e. The summed E-state index contributed by atoms with van der Waals surface area (Å²) in [7, 11) is 0. The highest BCUT2D eigenvalue weighted by Crippen LogP contribution is 2.02. The topological polar surface area (TPSA) is 431 Å². The number of nitrogens with one attached hydrogen (secondary N) is 6. The monoisotopic (exact) mass is 717 g/mol. The van der Waals surface area contributed by atoms with E-state index in [-0.39, 0.29) is 19.3 Å². The molecule has 0 aromatic carbocycles. The van der Waals surface area contributed by atoms with Crippen molar-refractivity contribution in [3.8, 4) is 0 Å². The lowest BCUT2D eigenvalue weighted by molar-refractivity contribution is -0.144. The molecule has 0 aromatic heterocycles. The fourth-order valence-corrected chi connectivity index (χ4v) is 3.75. The minimum atomic E-state index is -1.83. The van der Waals surface area contributed by atoms with Gasteiger partial charge in [0.05, 0.1) is 32.0 Å². The third kappa shape index (κ3) is 17.9. The summed E-state index contributed by atoms with van der Waals surface area (Å²) in [5.74, 6) is -11.8. The molecule has 0 fully saturated rings. The van der Waals surface area contributed by atoms with Crippen molar-refractivity contribution >= 4 is 65.0 Å². The Balaban J connectivity index is 5.45. The molecular formula is C26H43N11O13. The van der Waals surface area contributed by atoms with Gasteiger partial charge < -0.3 is 70.8 Å². The Kier molecular flexibility index (Phi) is 19.3. The van der Waals surface area contributed by atoms with Crippen molar-refractivity contribution in [1.82, 2.24) is 31.9 Å². The lowest BCUT2D eigenvalue weighted by Crippen LogP contribution is -2.58. The molecule has 24 heteroatoms. The molecule has 0 bridgehead atoms. The van der Waals surface area contributed by atoms with Crippen LogP contribution in [0.5, 0.6) is 0 Å². The molecule has 18 N–H and O–H groups in total. The van der Waals surface area contributed by atoms with Crippen LogP contribution in [0, 0.1) is 0 Å². The Morgan fingerprint density at radius 2 is 1.04 bits per heavy atom. The second-order valence-electron chi connectivity index (χ2n) is 10.7. The molecule has 0 unspecified atom stereocenters. The van der Waals surface area contributed by atoms with Gasteiger partial charge in [-0.3, -0.25) is 47.9 Å². The highest BCUT2D eigenvalue weighted by atomic mass is 16.4. The first kappa shape index (κ1) is 44.1. The van der Waals surface area contributed by atoms with Gasteiger partial charge in [0.25, 0.3) is 0 Å². The molecule has 280 valence electrons. The number of carboxylic acid groups (broad SMARTS) is 1. The highest BCUT2D eigenvalue weighted by molar-refractivity contribution is 5.97. The summed E-state index contributed by atoms with van der Waals surface area (Å²) < 4.78 is 0. The molecule has 0 aliphatic carbocycles. The molecule has 6 atom stereocenters. The lowest BCUT2D eigenvalue weighted by atomic mass is 10.1. The molecule has 24 nitrogen and oxygen atoms in total. The second kappa shape index (κ2) is 21.9. The predicted molar refractivity (Wildman–Crippen MR) is 166 cm³/mol. The van der Waals surface area contributed by atoms with Gasteiger partial charge in [-0.2, -0.15) is 0 Å². The summed E-state index contributed by atoms with van der Waals surface area (Å²) in [5.41, 5.74) is 25.8. The van der Waals surface area contributed by atoms with E-state index in [0.717, 1.165) is 0 Å². The van der Waals surface area contributed by atoms with Crippen molar-refractivity contribution in [2.24, 2.45) is 28.7 Å². The predicted octanol–water partition coefficient (Wildman–Crippen LogP) is -8.77. The van der Waals surface area contributed by atoms with Gasteiger partial charge in [-0.05, 0) is 19.8 Å². The molecule has 0 aromatic rings. The Labute approximate surface area is 283 Å². The van der Waals surface area contributed by atoms with Crippen LogP contribution in [0.2, 0.25) is 0 Å². The van der Waals surface area contributed by atoms with Crippen LogP contribution in [0.1, 0.15) is 45.4 Å². The van der Waals surface area contributed by atoms with Crippen LogP contribution < -0.4 is 60.6 Å². The third-order valence-electron chi connectivity index (χ3n) is 6.42. The van der Waals surface area contributed by atoms with Crippen molar-refractivity contribution in [2.75, 3.05) is 13.2 Å². The summed E-state index contributed by atoms with van der Waals surface area (Å²) in [6, 6.07) is -9.38. The summed E-state index contributed by atoms with van der Waals surface area (Å²) in [6.45, 7) is -0.706. The van der Waals surface area contributed by atoms with Crippen LogP contribution in [-0.4, -0.2) is 125 Å². The minimum absolute atomic E-state index is 0.102. The summed E-state index contributed by atoms with van der Waals surface area (Å²) in [4.78, 5) is 132. The van der Waals surface area contributed by atoms with Gasteiger partial charge >= 0.3 is 5.97 Å². The Morgan fingerprint density at radius 3 is 1.54 bits per heavy atom. The quantitative estimate of drug-likeness (QED) is 0.0441. The number of hydrogen-bond donors (Lipinski definition) is 13. The number of carboxylic acids is 1. The van der Waals surface area contributed by atoms with E-state index in [1.807, 2.05) is 16.0 Å². The zero-order chi connectivity index (χ0) is 38.7. The van der Waals surface area contributed by atoms with Crippen molar-refractivity contribution in [1.29, 1.82) is 0 Å². The fraction of sp³-hybridized carbons (Fsp3) is 0.577. The van der Waals surface area contributed by atoms with Crippen LogP contribution in [0.4, 0.5) is 0 Å². The average Bonchev–Trinajstić information content (AvgIpc) is 3.01. The summed E-state index contributed by atoms with van der Waals surface area (Å²) >= 11 is 0. The Bertz CT molecular complexity index is 1330. The van der Waals surface area contributed by atoms with Crippen LogP contribution in [0.3, 0.4) is 0 Å². The maximum atomic E-state index is 12.8. The van der Waals surface area contributed by atoms with Crippen molar-refractivity contribution in [2.45, 2.75) is 81.7 Å². The molecule has 10 amide bonds. The molecular weight excluding hydrogens is 674 g/mol. The number of aliphatic hydroxyl groups is 1. The standard InChI is InChI=1S/C26H43N11O13/c1-10(33-22(45)11(27)2-4-16(28)39)21(44)35-12(3-5-17(29)40)23(46)32-8-20(43)34-15(9-38)25(48)36-13(6-18(30)41)24(47)37-14(26(49)50)7-19(31)42/h10-15,38H,2-9,27H2,1H3,(H2,28,39)(H2,29,40)(H2,30,41)(H2,31,42)(H,32,46)(H,33,45)(H,34,43)(H,35,44)(H,36,48)(H,37,47)(H,49,50)/t10-,11-,12-,13-,14-,15-/m0/s1. The van der Waals surface area contributed by atoms with E-state index in [1.54, 1.807) is 0 Å². The van der Waals surface area contributed by atoms with Gasteiger partial charge in [-0.25, -0.2) is 4.79 Å². The Morgan fingerprint density at radius 1 is 0.560 bits per heavy atom.